The van der Waals surface area contributed by atoms with Crippen LogP contribution in [0.4, 0.5) is 4.79 Å². The van der Waals surface area contributed by atoms with Gasteiger partial charge >= 0.3 is 6.09 Å². The molecule has 0 unspecified atom stereocenters. The number of hydrogen-bond acceptors (Lipinski definition) is 5. The molecule has 156 valence electrons. The minimum absolute atomic E-state index is 0.175. The van der Waals surface area contributed by atoms with Crippen LogP contribution in [0.25, 0.3) is 0 Å². The van der Waals surface area contributed by atoms with Crippen LogP contribution in [0.1, 0.15) is 42.9 Å². The molecule has 4 N–H and O–H groups in total. The lowest BCUT2D eigenvalue weighted by molar-refractivity contribution is 0.0939. The predicted octanol–water partition coefficient (Wildman–Crippen LogP) is 2.91. The zero-order chi connectivity index (χ0) is 20.5. The van der Waals surface area contributed by atoms with E-state index in [9.17, 15) is 15.0 Å². The molecule has 29 heavy (non-hydrogen) atoms. The van der Waals surface area contributed by atoms with Gasteiger partial charge in [-0.1, -0.05) is 60.7 Å². The van der Waals surface area contributed by atoms with E-state index in [1.165, 1.54) is 0 Å². The van der Waals surface area contributed by atoms with Crippen molar-refractivity contribution >= 4 is 6.09 Å². The van der Waals surface area contributed by atoms with Gasteiger partial charge in [0, 0.05) is 12.6 Å². The van der Waals surface area contributed by atoms with E-state index < -0.39 is 18.2 Å². The summed E-state index contributed by atoms with van der Waals surface area (Å²) in [4.78, 5) is 12.4. The number of aliphatic hydroxyl groups excluding tert-OH is 2. The van der Waals surface area contributed by atoms with Gasteiger partial charge in [-0.2, -0.15) is 0 Å². The quantitative estimate of drug-likeness (QED) is 0.549. The smallest absolute Gasteiger partial charge is 0.407 e. The Morgan fingerprint density at radius 1 is 1.00 bits per heavy atom. The van der Waals surface area contributed by atoms with Gasteiger partial charge < -0.3 is 25.6 Å². The largest absolute Gasteiger partial charge is 0.445 e. The van der Waals surface area contributed by atoms with Gasteiger partial charge in [0.25, 0.3) is 0 Å². The fourth-order valence-corrected chi connectivity index (χ4v) is 3.61. The van der Waals surface area contributed by atoms with Gasteiger partial charge in [0.2, 0.25) is 0 Å². The van der Waals surface area contributed by atoms with Crippen LogP contribution in [-0.2, 0) is 11.3 Å². The Kier molecular flexibility index (Phi) is 8.04. The molecule has 1 fully saturated rings. The first kappa shape index (κ1) is 21.3. The maximum absolute atomic E-state index is 12.4. The Morgan fingerprint density at radius 2 is 1.62 bits per heavy atom. The van der Waals surface area contributed by atoms with Crippen molar-refractivity contribution < 1.29 is 19.7 Å². The number of carbonyl (C=O) groups is 1. The van der Waals surface area contributed by atoms with Gasteiger partial charge in [-0.15, -0.1) is 0 Å². The lowest BCUT2D eigenvalue weighted by Gasteiger charge is -2.30. The van der Waals surface area contributed by atoms with Crippen LogP contribution < -0.4 is 10.6 Å². The predicted molar refractivity (Wildman–Crippen MR) is 111 cm³/mol. The molecule has 0 saturated heterocycles. The van der Waals surface area contributed by atoms with Crippen molar-refractivity contribution in [3.63, 3.8) is 0 Å². The average Bonchev–Trinajstić information content (AvgIpc) is 2.77. The second-order valence-electron chi connectivity index (χ2n) is 7.58. The summed E-state index contributed by atoms with van der Waals surface area (Å²) in [6.45, 7) is 0.589. The van der Waals surface area contributed by atoms with Crippen LogP contribution in [-0.4, -0.2) is 41.0 Å². The van der Waals surface area contributed by atoms with Crippen LogP contribution >= 0.6 is 0 Å². The highest BCUT2D eigenvalue weighted by atomic mass is 16.5. The van der Waals surface area contributed by atoms with E-state index >= 15 is 0 Å². The van der Waals surface area contributed by atoms with Gasteiger partial charge in [0.15, 0.2) is 0 Å². The Hall–Kier alpha value is -2.41. The van der Waals surface area contributed by atoms with Crippen molar-refractivity contribution in [2.45, 2.75) is 56.6 Å². The summed E-state index contributed by atoms with van der Waals surface area (Å²) in [7, 11) is 0. The van der Waals surface area contributed by atoms with Gasteiger partial charge in [-0.3, -0.25) is 0 Å². The molecular weight excluding hydrogens is 368 g/mol. The Balaban J connectivity index is 1.58. The summed E-state index contributed by atoms with van der Waals surface area (Å²) in [6.07, 6.45) is 1.68. The molecule has 0 spiro atoms. The number of amides is 1. The average molecular weight is 399 g/mol. The van der Waals surface area contributed by atoms with Crippen molar-refractivity contribution in [3.05, 3.63) is 71.8 Å². The third-order valence-electron chi connectivity index (χ3n) is 5.36. The van der Waals surface area contributed by atoms with Crippen molar-refractivity contribution in [1.29, 1.82) is 0 Å². The first-order valence-corrected chi connectivity index (χ1v) is 10.2. The van der Waals surface area contributed by atoms with Crippen LogP contribution in [0.5, 0.6) is 0 Å². The zero-order valence-corrected chi connectivity index (χ0v) is 16.5. The monoisotopic (exact) mass is 398 g/mol. The van der Waals surface area contributed by atoms with Gasteiger partial charge in [0.1, 0.15) is 12.7 Å². The fourth-order valence-electron chi connectivity index (χ4n) is 3.61. The molecule has 1 aliphatic carbocycles. The highest BCUT2D eigenvalue weighted by Crippen LogP contribution is 2.20. The summed E-state index contributed by atoms with van der Waals surface area (Å²) in [5, 5.41) is 26.7. The minimum Gasteiger partial charge on any atom is -0.445 e. The maximum Gasteiger partial charge on any atom is 0.407 e. The number of rotatable bonds is 8. The third kappa shape index (κ3) is 6.85. The molecule has 0 heterocycles. The number of benzene rings is 2. The van der Waals surface area contributed by atoms with E-state index in [0.717, 1.165) is 36.8 Å². The van der Waals surface area contributed by atoms with E-state index in [1.807, 2.05) is 60.7 Å². The molecule has 1 amide bonds. The Bertz CT molecular complexity index is 733. The van der Waals surface area contributed by atoms with Crippen LogP contribution in [0.15, 0.2) is 60.7 Å². The second kappa shape index (κ2) is 11.0. The molecule has 6 nitrogen and oxygen atoms in total. The zero-order valence-electron chi connectivity index (χ0n) is 16.5. The lowest BCUT2D eigenvalue weighted by Crippen LogP contribution is -2.49. The lowest BCUT2D eigenvalue weighted by atomic mass is 9.92. The van der Waals surface area contributed by atoms with Crippen LogP contribution in [0.3, 0.4) is 0 Å². The first-order valence-electron chi connectivity index (χ1n) is 10.2. The fraction of sp³-hybridized carbons (Fsp3) is 0.435. The molecule has 3 rings (SSSR count). The molecule has 0 radical (unpaired) electrons. The van der Waals surface area contributed by atoms with E-state index in [1.54, 1.807) is 0 Å². The molecule has 2 aromatic carbocycles. The van der Waals surface area contributed by atoms with E-state index in [0.29, 0.717) is 6.54 Å². The summed E-state index contributed by atoms with van der Waals surface area (Å²) in [5.41, 5.74) is 1.64. The van der Waals surface area contributed by atoms with Crippen molar-refractivity contribution in [1.82, 2.24) is 10.6 Å². The number of hydrogen-bond donors (Lipinski definition) is 4. The number of nitrogens with one attached hydrogen (secondary N) is 2. The molecule has 1 aliphatic rings. The Morgan fingerprint density at radius 3 is 2.28 bits per heavy atom. The maximum atomic E-state index is 12.4. The summed E-state index contributed by atoms with van der Waals surface area (Å²) in [5.74, 6) is 0. The molecule has 2 atom stereocenters. The third-order valence-corrected chi connectivity index (χ3v) is 5.36. The number of alkyl carbamates (subject to hydrolysis) is 1. The minimum atomic E-state index is -0.859. The van der Waals surface area contributed by atoms with E-state index in [-0.39, 0.29) is 18.8 Å². The normalized spacial score (nSPS) is 21.2. The molecule has 0 aliphatic heterocycles. The molecule has 6 heteroatoms. The van der Waals surface area contributed by atoms with Crippen molar-refractivity contribution in [2.75, 3.05) is 6.54 Å². The summed E-state index contributed by atoms with van der Waals surface area (Å²) in [6, 6.07) is 18.5. The molecular formula is C23H30N2O4. The van der Waals surface area contributed by atoms with E-state index in [2.05, 4.69) is 10.6 Å². The number of carbonyl (C=O) groups excluding carboxylic acids is 1. The van der Waals surface area contributed by atoms with E-state index in [4.69, 9.17) is 4.74 Å². The van der Waals surface area contributed by atoms with Gasteiger partial charge in [0.05, 0.1) is 12.1 Å². The van der Waals surface area contributed by atoms with Crippen LogP contribution in [0.2, 0.25) is 0 Å². The molecule has 2 aromatic rings. The second-order valence-corrected chi connectivity index (χ2v) is 7.58. The van der Waals surface area contributed by atoms with Crippen molar-refractivity contribution in [3.8, 4) is 0 Å². The first-order chi connectivity index (χ1) is 14.1. The van der Waals surface area contributed by atoms with Crippen molar-refractivity contribution in [2.24, 2.45) is 0 Å². The highest BCUT2D eigenvalue weighted by molar-refractivity contribution is 5.67. The number of aliphatic hydroxyl groups is 2. The van der Waals surface area contributed by atoms with Crippen LogP contribution in [0, 0.1) is 0 Å². The van der Waals surface area contributed by atoms with Gasteiger partial charge in [-0.25, -0.2) is 4.79 Å². The Labute approximate surface area is 171 Å². The van der Waals surface area contributed by atoms with Gasteiger partial charge in [-0.05, 0) is 36.8 Å². The SMILES string of the molecule is O=C(N[C@@H](CNC1CCC(O)CC1)[C@@H](O)c1ccccc1)OCc1ccccc1. The highest BCUT2D eigenvalue weighted by Gasteiger charge is 2.26. The standard InChI is InChI=1S/C23H30N2O4/c26-20-13-11-19(12-14-20)24-15-21(22(27)18-9-5-2-6-10-18)25-23(28)29-16-17-7-3-1-4-8-17/h1-10,19-22,24,26-27H,11-16H2,(H,25,28)/t19?,20?,21-,22-/m0/s1. The topological polar surface area (TPSA) is 90.8 Å². The molecule has 0 aromatic heterocycles. The molecule has 0 bridgehead atoms. The number of ether oxygens (including phenoxy) is 1. The summed E-state index contributed by atoms with van der Waals surface area (Å²) >= 11 is 0. The summed E-state index contributed by atoms with van der Waals surface area (Å²) < 4.78 is 5.33. The molecule has 1 saturated carbocycles.